The summed E-state index contributed by atoms with van der Waals surface area (Å²) in [6.45, 7) is 0. The minimum absolute atomic E-state index is 0.130. The smallest absolute Gasteiger partial charge is 0.337 e. The Morgan fingerprint density at radius 2 is 1.59 bits per heavy atom. The largest absolute Gasteiger partial charge is 0.465 e. The number of ether oxygens (including phenoxy) is 1. The summed E-state index contributed by atoms with van der Waals surface area (Å²) in [6, 6.07) is 6.23. The lowest BCUT2D eigenvalue weighted by Gasteiger charge is -2.56. The summed E-state index contributed by atoms with van der Waals surface area (Å²) >= 11 is 0. The van der Waals surface area contributed by atoms with Crippen LogP contribution >= 0.6 is 0 Å². The van der Waals surface area contributed by atoms with E-state index in [1.54, 1.807) is 18.2 Å². The molecule has 0 spiro atoms. The summed E-state index contributed by atoms with van der Waals surface area (Å²) in [5, 5.41) is 0. The van der Waals surface area contributed by atoms with E-state index in [0.29, 0.717) is 17.5 Å². The van der Waals surface area contributed by atoms with Gasteiger partial charge >= 0.3 is 5.97 Å². The van der Waals surface area contributed by atoms with E-state index >= 15 is 0 Å². The quantitative estimate of drug-likeness (QED) is 0.630. The molecule has 0 radical (unpaired) electrons. The van der Waals surface area contributed by atoms with Crippen LogP contribution in [0.25, 0.3) is 0 Å². The highest BCUT2D eigenvalue weighted by Gasteiger charge is 2.51. The van der Waals surface area contributed by atoms with Crippen molar-refractivity contribution in [2.24, 2.45) is 23.2 Å². The van der Waals surface area contributed by atoms with E-state index in [2.05, 4.69) is 15.6 Å². The first-order valence-electron chi connectivity index (χ1n) is 9.74. The molecule has 1 aromatic rings. The third kappa shape index (κ3) is 3.70. The molecule has 4 saturated carbocycles. The van der Waals surface area contributed by atoms with Crippen LogP contribution in [0, 0.1) is 23.2 Å². The van der Waals surface area contributed by atoms with Crippen molar-refractivity contribution in [2.75, 3.05) is 7.11 Å². The van der Waals surface area contributed by atoms with Crippen molar-refractivity contribution in [3.63, 3.8) is 0 Å². The molecule has 0 saturated heterocycles. The number of benzene rings is 1. The zero-order valence-electron chi connectivity index (χ0n) is 15.6. The second-order valence-electron chi connectivity index (χ2n) is 8.67. The first kappa shape index (κ1) is 18.0. The molecule has 0 heterocycles. The SMILES string of the molecule is COC(=O)c1cccc(C(=O)NNC(=O)CC23CC4CC(CC(C4)C2)C3)c1. The zero-order chi connectivity index (χ0) is 19.0. The molecule has 0 unspecified atom stereocenters. The Hall–Kier alpha value is -2.37. The number of amides is 2. The number of hydrazine groups is 1. The average molecular weight is 370 g/mol. The van der Waals surface area contributed by atoms with Gasteiger partial charge in [0, 0.05) is 12.0 Å². The topological polar surface area (TPSA) is 84.5 Å². The fraction of sp³-hybridized carbons (Fsp3) is 0.571. The molecule has 2 amide bonds. The van der Waals surface area contributed by atoms with Gasteiger partial charge in [0.1, 0.15) is 0 Å². The molecule has 1 aromatic carbocycles. The number of hydrogen-bond donors (Lipinski definition) is 2. The molecular formula is C21H26N2O4. The molecule has 5 rings (SSSR count). The molecule has 0 aliphatic heterocycles. The van der Waals surface area contributed by atoms with E-state index in [1.165, 1.54) is 32.4 Å². The van der Waals surface area contributed by atoms with Gasteiger partial charge in [-0.2, -0.15) is 0 Å². The number of methoxy groups -OCH3 is 1. The molecule has 4 aliphatic carbocycles. The lowest BCUT2D eigenvalue weighted by atomic mass is 9.49. The maximum absolute atomic E-state index is 12.5. The molecule has 4 fully saturated rings. The molecule has 144 valence electrons. The Bertz CT molecular complexity index is 738. The molecule has 4 bridgehead atoms. The lowest BCUT2D eigenvalue weighted by molar-refractivity contribution is -0.130. The van der Waals surface area contributed by atoms with Gasteiger partial charge in [0.15, 0.2) is 0 Å². The van der Waals surface area contributed by atoms with Gasteiger partial charge in [-0.15, -0.1) is 0 Å². The number of hydrogen-bond acceptors (Lipinski definition) is 4. The van der Waals surface area contributed by atoms with Crippen molar-refractivity contribution in [2.45, 2.75) is 44.9 Å². The summed E-state index contributed by atoms with van der Waals surface area (Å²) in [5.41, 5.74) is 5.77. The number of carbonyl (C=O) groups is 3. The Morgan fingerprint density at radius 3 is 2.19 bits per heavy atom. The maximum Gasteiger partial charge on any atom is 0.337 e. The van der Waals surface area contributed by atoms with E-state index in [1.807, 2.05) is 0 Å². The third-order valence-corrected chi connectivity index (χ3v) is 6.56. The van der Waals surface area contributed by atoms with Gasteiger partial charge in [-0.25, -0.2) is 4.79 Å². The van der Waals surface area contributed by atoms with E-state index in [4.69, 9.17) is 0 Å². The number of rotatable bonds is 4. The molecule has 27 heavy (non-hydrogen) atoms. The lowest BCUT2D eigenvalue weighted by Crippen LogP contribution is -2.50. The van der Waals surface area contributed by atoms with Crippen molar-refractivity contribution >= 4 is 17.8 Å². The van der Waals surface area contributed by atoms with E-state index in [0.717, 1.165) is 37.0 Å². The first-order chi connectivity index (χ1) is 13.0. The molecule has 0 aromatic heterocycles. The van der Waals surface area contributed by atoms with Crippen LogP contribution in [0.5, 0.6) is 0 Å². The molecule has 2 N–H and O–H groups in total. The van der Waals surface area contributed by atoms with Crippen LogP contribution in [0.4, 0.5) is 0 Å². The van der Waals surface area contributed by atoms with Crippen molar-refractivity contribution < 1.29 is 19.1 Å². The van der Waals surface area contributed by atoms with Gasteiger partial charge in [0.05, 0.1) is 12.7 Å². The maximum atomic E-state index is 12.5. The number of carbonyl (C=O) groups excluding carboxylic acids is 3. The normalized spacial score (nSPS) is 30.6. The predicted octanol–water partition coefficient (Wildman–Crippen LogP) is 2.84. The summed E-state index contributed by atoms with van der Waals surface area (Å²) in [6.07, 6.45) is 7.97. The molecule has 0 atom stereocenters. The van der Waals surface area contributed by atoms with Crippen LogP contribution in [0.15, 0.2) is 24.3 Å². The molecular weight excluding hydrogens is 344 g/mol. The fourth-order valence-electron chi connectivity index (χ4n) is 6.00. The first-order valence-corrected chi connectivity index (χ1v) is 9.74. The van der Waals surface area contributed by atoms with E-state index in [-0.39, 0.29) is 11.3 Å². The van der Waals surface area contributed by atoms with Crippen molar-refractivity contribution in [1.82, 2.24) is 10.9 Å². The van der Waals surface area contributed by atoms with Crippen molar-refractivity contribution in [3.05, 3.63) is 35.4 Å². The highest BCUT2D eigenvalue weighted by molar-refractivity contribution is 5.98. The van der Waals surface area contributed by atoms with Gasteiger partial charge in [-0.05, 0) is 79.9 Å². The standard InChI is InChI=1S/C21H26N2O4/c1-27-20(26)17-4-2-3-16(8-17)19(25)23-22-18(24)12-21-9-13-5-14(10-21)7-15(6-13)11-21/h2-4,8,13-15H,5-7,9-12H2,1H3,(H,22,24)(H,23,25). The second-order valence-corrected chi connectivity index (χ2v) is 8.67. The van der Waals surface area contributed by atoms with Crippen LogP contribution in [0.3, 0.4) is 0 Å². The summed E-state index contributed by atoms with van der Waals surface area (Å²) in [5.74, 6) is 1.30. The predicted molar refractivity (Wildman–Crippen MR) is 98.6 cm³/mol. The minimum atomic E-state index is -0.504. The van der Waals surface area contributed by atoms with Gasteiger partial charge < -0.3 is 4.74 Å². The minimum Gasteiger partial charge on any atom is -0.465 e. The van der Waals surface area contributed by atoms with Gasteiger partial charge in [-0.3, -0.25) is 20.4 Å². The summed E-state index contributed by atoms with van der Waals surface area (Å²) in [7, 11) is 1.29. The van der Waals surface area contributed by atoms with Crippen molar-refractivity contribution in [3.8, 4) is 0 Å². The van der Waals surface area contributed by atoms with Crippen LogP contribution in [0.1, 0.15) is 65.7 Å². The van der Waals surface area contributed by atoms with Gasteiger partial charge in [0.25, 0.3) is 5.91 Å². The Kier molecular flexibility index (Phi) is 4.66. The highest BCUT2D eigenvalue weighted by atomic mass is 16.5. The van der Waals surface area contributed by atoms with E-state index < -0.39 is 11.9 Å². The summed E-state index contributed by atoms with van der Waals surface area (Å²) in [4.78, 5) is 36.4. The number of esters is 1. The van der Waals surface area contributed by atoms with Crippen molar-refractivity contribution in [1.29, 1.82) is 0 Å². The van der Waals surface area contributed by atoms with E-state index in [9.17, 15) is 14.4 Å². The second kappa shape index (κ2) is 6.98. The fourth-order valence-corrected chi connectivity index (χ4v) is 6.00. The van der Waals surface area contributed by atoms with Gasteiger partial charge in [0.2, 0.25) is 5.91 Å². The average Bonchev–Trinajstić information content (AvgIpc) is 2.64. The molecule has 6 nitrogen and oxygen atoms in total. The zero-order valence-corrected chi connectivity index (χ0v) is 15.6. The Morgan fingerprint density at radius 1 is 1.00 bits per heavy atom. The third-order valence-electron chi connectivity index (χ3n) is 6.56. The van der Waals surface area contributed by atoms with Crippen LogP contribution in [-0.4, -0.2) is 24.9 Å². The van der Waals surface area contributed by atoms with Gasteiger partial charge in [-0.1, -0.05) is 6.07 Å². The van der Waals surface area contributed by atoms with Crippen LogP contribution < -0.4 is 10.9 Å². The molecule has 4 aliphatic rings. The highest BCUT2D eigenvalue weighted by Crippen LogP contribution is 2.61. The number of nitrogens with one attached hydrogen (secondary N) is 2. The van der Waals surface area contributed by atoms with Crippen LogP contribution in [-0.2, 0) is 9.53 Å². The summed E-state index contributed by atoms with van der Waals surface area (Å²) < 4.78 is 4.66. The Labute approximate surface area is 159 Å². The van der Waals surface area contributed by atoms with Crippen LogP contribution in [0.2, 0.25) is 0 Å². The Balaban J connectivity index is 1.33. The monoisotopic (exact) mass is 370 g/mol. The molecule has 6 heteroatoms.